The lowest BCUT2D eigenvalue weighted by atomic mass is 9.96. The predicted octanol–water partition coefficient (Wildman–Crippen LogP) is 3.41. The van der Waals surface area contributed by atoms with Gasteiger partial charge in [0, 0.05) is 22.9 Å². The lowest BCUT2D eigenvalue weighted by molar-refractivity contribution is 0.164. The topological polar surface area (TPSA) is 35.2 Å². The molecule has 1 aliphatic rings. The Balaban J connectivity index is 1.96. The molecular formula is C13H12FNOS. The number of fused-ring (bicyclic) bond motifs is 1. The van der Waals surface area contributed by atoms with Crippen molar-refractivity contribution in [3.8, 4) is 5.75 Å². The molecule has 2 nitrogen and oxygen atoms in total. The third-order valence-electron chi connectivity index (χ3n) is 2.97. The minimum absolute atomic E-state index is 0.0111. The lowest BCUT2D eigenvalue weighted by Gasteiger charge is -2.29. The molecule has 0 aliphatic carbocycles. The molecule has 0 radical (unpaired) electrons. The highest BCUT2D eigenvalue weighted by Crippen LogP contribution is 2.40. The molecule has 88 valence electrons. The van der Waals surface area contributed by atoms with Gasteiger partial charge in [0.25, 0.3) is 0 Å². The average Bonchev–Trinajstić information content (AvgIpc) is 2.83. The maximum atomic E-state index is 13.1. The van der Waals surface area contributed by atoms with E-state index in [1.165, 1.54) is 12.1 Å². The van der Waals surface area contributed by atoms with Crippen molar-refractivity contribution in [2.24, 2.45) is 5.73 Å². The fraction of sp³-hybridized carbons (Fsp3) is 0.231. The maximum Gasteiger partial charge on any atom is 0.135 e. The van der Waals surface area contributed by atoms with Crippen molar-refractivity contribution in [3.05, 3.63) is 52.0 Å². The van der Waals surface area contributed by atoms with Crippen molar-refractivity contribution in [3.63, 3.8) is 0 Å². The van der Waals surface area contributed by atoms with Crippen molar-refractivity contribution in [1.29, 1.82) is 0 Å². The summed E-state index contributed by atoms with van der Waals surface area (Å²) in [5, 5.41) is 2.02. The Kier molecular flexibility index (Phi) is 2.61. The van der Waals surface area contributed by atoms with E-state index in [-0.39, 0.29) is 18.0 Å². The Labute approximate surface area is 103 Å². The van der Waals surface area contributed by atoms with Gasteiger partial charge in [0.1, 0.15) is 17.7 Å². The Morgan fingerprint density at radius 2 is 2.24 bits per heavy atom. The first-order chi connectivity index (χ1) is 8.24. The summed E-state index contributed by atoms with van der Waals surface area (Å²) in [6.07, 6.45) is 0.680. The monoisotopic (exact) mass is 249 g/mol. The fourth-order valence-corrected chi connectivity index (χ4v) is 2.89. The van der Waals surface area contributed by atoms with Crippen molar-refractivity contribution < 1.29 is 9.13 Å². The number of benzene rings is 1. The molecule has 0 bridgehead atoms. The summed E-state index contributed by atoms with van der Waals surface area (Å²) in [5.74, 6) is 0.431. The summed E-state index contributed by atoms with van der Waals surface area (Å²) in [6, 6.07) is 8.39. The van der Waals surface area contributed by atoms with Gasteiger partial charge in [-0.2, -0.15) is 0 Å². The zero-order valence-corrected chi connectivity index (χ0v) is 9.91. The molecule has 4 heteroatoms. The van der Waals surface area contributed by atoms with Crippen LogP contribution in [0, 0.1) is 5.82 Å². The maximum absolute atomic E-state index is 13.1. The first-order valence-electron chi connectivity index (χ1n) is 5.49. The molecule has 1 aliphatic heterocycles. The Bertz CT molecular complexity index is 526. The molecule has 0 fully saturated rings. The van der Waals surface area contributed by atoms with Crippen LogP contribution >= 0.6 is 11.3 Å². The van der Waals surface area contributed by atoms with E-state index in [9.17, 15) is 4.39 Å². The van der Waals surface area contributed by atoms with E-state index in [2.05, 4.69) is 0 Å². The molecule has 1 aromatic heterocycles. The van der Waals surface area contributed by atoms with Crippen LogP contribution in [0.2, 0.25) is 0 Å². The van der Waals surface area contributed by atoms with Crippen LogP contribution in [0.3, 0.4) is 0 Å². The molecule has 0 amide bonds. The molecular weight excluding hydrogens is 237 g/mol. The van der Waals surface area contributed by atoms with Crippen LogP contribution in [-0.4, -0.2) is 0 Å². The summed E-state index contributed by atoms with van der Waals surface area (Å²) < 4.78 is 19.0. The van der Waals surface area contributed by atoms with Crippen LogP contribution in [-0.2, 0) is 0 Å². The second-order valence-electron chi connectivity index (χ2n) is 4.15. The van der Waals surface area contributed by atoms with Crippen LogP contribution in [0.15, 0.2) is 35.7 Å². The second-order valence-corrected chi connectivity index (χ2v) is 5.13. The molecule has 0 spiro atoms. The van der Waals surface area contributed by atoms with E-state index in [0.717, 1.165) is 10.4 Å². The normalized spacial score (nSPS) is 22.9. The van der Waals surface area contributed by atoms with E-state index in [1.807, 2.05) is 17.5 Å². The van der Waals surface area contributed by atoms with Crippen LogP contribution in [0.1, 0.15) is 29.0 Å². The van der Waals surface area contributed by atoms with Crippen molar-refractivity contribution >= 4 is 11.3 Å². The van der Waals surface area contributed by atoms with E-state index in [4.69, 9.17) is 10.5 Å². The first-order valence-corrected chi connectivity index (χ1v) is 6.37. The standard InChI is InChI=1S/C13H12FNOS/c14-8-3-4-11-9(6-8)10(15)7-12(16-11)13-2-1-5-17-13/h1-6,10,12H,7,15H2/t10-,12?/m0/s1. The van der Waals surface area contributed by atoms with Gasteiger partial charge in [-0.25, -0.2) is 4.39 Å². The summed E-state index contributed by atoms with van der Waals surface area (Å²) in [5.41, 5.74) is 6.83. The van der Waals surface area contributed by atoms with Gasteiger partial charge in [-0.3, -0.25) is 0 Å². The number of ether oxygens (including phenoxy) is 1. The quantitative estimate of drug-likeness (QED) is 0.840. The smallest absolute Gasteiger partial charge is 0.135 e. The highest BCUT2D eigenvalue weighted by molar-refractivity contribution is 7.10. The van der Waals surface area contributed by atoms with Gasteiger partial charge >= 0.3 is 0 Å². The van der Waals surface area contributed by atoms with Gasteiger partial charge in [-0.1, -0.05) is 6.07 Å². The summed E-state index contributed by atoms with van der Waals surface area (Å²) >= 11 is 1.65. The SMILES string of the molecule is N[C@H]1CC(c2cccs2)Oc2ccc(F)cc21. The van der Waals surface area contributed by atoms with Crippen molar-refractivity contribution in [1.82, 2.24) is 0 Å². The predicted molar refractivity (Wildman–Crippen MR) is 65.6 cm³/mol. The number of nitrogens with two attached hydrogens (primary N) is 1. The van der Waals surface area contributed by atoms with E-state index in [0.29, 0.717) is 12.2 Å². The summed E-state index contributed by atoms with van der Waals surface area (Å²) in [6.45, 7) is 0. The molecule has 2 heterocycles. The molecule has 2 N–H and O–H groups in total. The van der Waals surface area contributed by atoms with Gasteiger partial charge in [0.05, 0.1) is 0 Å². The Morgan fingerprint density at radius 1 is 1.35 bits per heavy atom. The minimum atomic E-state index is -0.266. The molecule has 17 heavy (non-hydrogen) atoms. The third-order valence-corrected chi connectivity index (χ3v) is 3.93. The number of hydrogen-bond acceptors (Lipinski definition) is 3. The van der Waals surface area contributed by atoms with Gasteiger partial charge < -0.3 is 10.5 Å². The number of thiophene rings is 1. The lowest BCUT2D eigenvalue weighted by Crippen LogP contribution is -2.23. The van der Waals surface area contributed by atoms with Crippen LogP contribution < -0.4 is 10.5 Å². The van der Waals surface area contributed by atoms with E-state index < -0.39 is 0 Å². The molecule has 0 saturated carbocycles. The van der Waals surface area contributed by atoms with Crippen molar-refractivity contribution in [2.45, 2.75) is 18.6 Å². The molecule has 2 atom stereocenters. The van der Waals surface area contributed by atoms with Crippen LogP contribution in [0.5, 0.6) is 5.75 Å². The van der Waals surface area contributed by atoms with E-state index >= 15 is 0 Å². The Morgan fingerprint density at radius 3 is 3.00 bits per heavy atom. The summed E-state index contributed by atoms with van der Waals surface area (Å²) in [4.78, 5) is 1.16. The fourth-order valence-electron chi connectivity index (χ4n) is 2.12. The minimum Gasteiger partial charge on any atom is -0.484 e. The average molecular weight is 249 g/mol. The molecule has 3 rings (SSSR count). The number of rotatable bonds is 1. The van der Waals surface area contributed by atoms with Crippen LogP contribution in [0.25, 0.3) is 0 Å². The molecule has 1 unspecified atom stereocenters. The largest absolute Gasteiger partial charge is 0.484 e. The molecule has 1 aromatic carbocycles. The van der Waals surface area contributed by atoms with Gasteiger partial charge in [0.15, 0.2) is 0 Å². The van der Waals surface area contributed by atoms with Crippen molar-refractivity contribution in [2.75, 3.05) is 0 Å². The van der Waals surface area contributed by atoms with Gasteiger partial charge in [-0.15, -0.1) is 11.3 Å². The highest BCUT2D eigenvalue weighted by Gasteiger charge is 2.27. The number of halogens is 1. The first kappa shape index (κ1) is 10.7. The van der Waals surface area contributed by atoms with Crippen LogP contribution in [0.4, 0.5) is 4.39 Å². The molecule has 2 aromatic rings. The molecule has 0 saturated heterocycles. The zero-order valence-electron chi connectivity index (χ0n) is 9.10. The van der Waals surface area contributed by atoms with Gasteiger partial charge in [-0.05, 0) is 29.6 Å². The van der Waals surface area contributed by atoms with E-state index in [1.54, 1.807) is 17.4 Å². The third kappa shape index (κ3) is 1.94. The second kappa shape index (κ2) is 4.13. The Hall–Kier alpha value is -1.39. The highest BCUT2D eigenvalue weighted by atomic mass is 32.1. The van der Waals surface area contributed by atoms with Gasteiger partial charge in [0.2, 0.25) is 0 Å². The summed E-state index contributed by atoms with van der Waals surface area (Å²) in [7, 11) is 0. The number of hydrogen-bond donors (Lipinski definition) is 1. The zero-order chi connectivity index (χ0) is 11.8.